The van der Waals surface area contributed by atoms with Crippen LogP contribution in [0.1, 0.15) is 12.8 Å². The van der Waals surface area contributed by atoms with Crippen LogP contribution in [0.4, 0.5) is 0 Å². The van der Waals surface area contributed by atoms with Crippen molar-refractivity contribution < 1.29 is 0 Å². The number of hydrogen-bond acceptors (Lipinski definition) is 1. The van der Waals surface area contributed by atoms with Crippen LogP contribution in [-0.4, -0.2) is 15.1 Å². The minimum absolute atomic E-state index is 0.534. The van der Waals surface area contributed by atoms with Crippen molar-refractivity contribution in [2.24, 2.45) is 5.41 Å². The maximum absolute atomic E-state index is 4.19. The van der Waals surface area contributed by atoms with Crippen molar-refractivity contribution in [2.75, 3.05) is 5.33 Å². The quantitative estimate of drug-likeness (QED) is 0.705. The Labute approximate surface area is 74.7 Å². The first-order valence-electron chi connectivity index (χ1n) is 3.88. The van der Waals surface area contributed by atoms with Gasteiger partial charge in [-0.25, -0.2) is 0 Å². The number of rotatable bonds is 3. The molecule has 1 heterocycles. The van der Waals surface area contributed by atoms with Crippen LogP contribution >= 0.6 is 15.9 Å². The molecule has 0 unspecified atom stereocenters. The highest BCUT2D eigenvalue weighted by atomic mass is 79.9. The molecule has 1 aliphatic carbocycles. The highest BCUT2D eigenvalue weighted by Crippen LogP contribution is 2.48. The van der Waals surface area contributed by atoms with Crippen molar-refractivity contribution in [1.82, 2.24) is 9.78 Å². The van der Waals surface area contributed by atoms with E-state index in [1.165, 1.54) is 12.8 Å². The van der Waals surface area contributed by atoms with Gasteiger partial charge in [0.05, 0.1) is 0 Å². The molecule has 1 saturated carbocycles. The monoisotopic (exact) mass is 214 g/mol. The van der Waals surface area contributed by atoms with Crippen molar-refractivity contribution in [3.8, 4) is 0 Å². The Balaban J connectivity index is 2.01. The summed E-state index contributed by atoms with van der Waals surface area (Å²) >= 11 is 3.54. The van der Waals surface area contributed by atoms with E-state index in [2.05, 4.69) is 21.0 Å². The Hall–Kier alpha value is -0.310. The summed E-state index contributed by atoms with van der Waals surface area (Å²) < 4.78 is 2.02. The lowest BCUT2D eigenvalue weighted by Crippen LogP contribution is -2.13. The van der Waals surface area contributed by atoms with Gasteiger partial charge in [0.2, 0.25) is 0 Å². The van der Waals surface area contributed by atoms with Gasteiger partial charge in [-0.1, -0.05) is 15.9 Å². The van der Waals surface area contributed by atoms with Crippen LogP contribution in [0.15, 0.2) is 18.5 Å². The smallest absolute Gasteiger partial charge is 0.0489 e. The van der Waals surface area contributed by atoms with E-state index in [1.54, 1.807) is 0 Å². The predicted molar refractivity (Wildman–Crippen MR) is 47.7 cm³/mol. The third-order valence-corrected chi connectivity index (χ3v) is 3.49. The molecule has 0 atom stereocenters. The van der Waals surface area contributed by atoms with Gasteiger partial charge in [0.1, 0.15) is 0 Å². The normalized spacial score (nSPS) is 20.1. The van der Waals surface area contributed by atoms with E-state index < -0.39 is 0 Å². The molecule has 0 bridgehead atoms. The van der Waals surface area contributed by atoms with Crippen LogP contribution in [0.2, 0.25) is 0 Å². The van der Waals surface area contributed by atoms with Gasteiger partial charge < -0.3 is 0 Å². The van der Waals surface area contributed by atoms with Crippen molar-refractivity contribution >= 4 is 15.9 Å². The summed E-state index contributed by atoms with van der Waals surface area (Å²) in [5.41, 5.74) is 0.534. The van der Waals surface area contributed by atoms with E-state index in [1.807, 2.05) is 23.1 Å². The molecule has 11 heavy (non-hydrogen) atoms. The molecule has 2 nitrogen and oxygen atoms in total. The Morgan fingerprint density at radius 1 is 1.55 bits per heavy atom. The number of nitrogens with zero attached hydrogens (tertiary/aromatic N) is 2. The molecule has 60 valence electrons. The fourth-order valence-corrected chi connectivity index (χ4v) is 1.99. The molecule has 0 aromatic carbocycles. The van der Waals surface area contributed by atoms with Crippen molar-refractivity contribution in [3.05, 3.63) is 18.5 Å². The largest absolute Gasteiger partial charge is 0.272 e. The van der Waals surface area contributed by atoms with E-state index in [-0.39, 0.29) is 0 Å². The molecular weight excluding hydrogens is 204 g/mol. The lowest BCUT2D eigenvalue weighted by Gasteiger charge is -2.10. The second-order valence-corrected chi connectivity index (χ2v) is 3.90. The average Bonchev–Trinajstić information content (AvgIpc) is 2.59. The summed E-state index contributed by atoms with van der Waals surface area (Å²) in [5, 5.41) is 5.30. The van der Waals surface area contributed by atoms with Gasteiger partial charge in [-0.2, -0.15) is 5.10 Å². The molecule has 0 N–H and O–H groups in total. The predicted octanol–water partition coefficient (Wildman–Crippen LogP) is 2.06. The Morgan fingerprint density at radius 2 is 2.36 bits per heavy atom. The molecule has 2 rings (SSSR count). The van der Waals surface area contributed by atoms with Gasteiger partial charge in [-0.15, -0.1) is 0 Å². The van der Waals surface area contributed by atoms with Crippen LogP contribution in [-0.2, 0) is 6.54 Å². The summed E-state index contributed by atoms with van der Waals surface area (Å²) in [6.45, 7) is 1.07. The Kier molecular flexibility index (Phi) is 1.75. The highest BCUT2D eigenvalue weighted by Gasteiger charge is 2.41. The van der Waals surface area contributed by atoms with Crippen LogP contribution in [0.25, 0.3) is 0 Å². The first kappa shape index (κ1) is 7.35. The van der Waals surface area contributed by atoms with Crippen molar-refractivity contribution in [1.29, 1.82) is 0 Å². The van der Waals surface area contributed by atoms with Gasteiger partial charge in [0.15, 0.2) is 0 Å². The van der Waals surface area contributed by atoms with Gasteiger partial charge in [0, 0.05) is 24.3 Å². The average molecular weight is 215 g/mol. The molecule has 0 spiro atoms. The Morgan fingerprint density at radius 3 is 2.82 bits per heavy atom. The van der Waals surface area contributed by atoms with E-state index >= 15 is 0 Å². The molecule has 1 aromatic heterocycles. The topological polar surface area (TPSA) is 17.8 Å². The molecule has 0 amide bonds. The molecule has 1 fully saturated rings. The van der Waals surface area contributed by atoms with E-state index in [9.17, 15) is 0 Å². The van der Waals surface area contributed by atoms with Crippen LogP contribution in [0, 0.1) is 5.41 Å². The van der Waals surface area contributed by atoms with Gasteiger partial charge in [-0.3, -0.25) is 4.68 Å². The summed E-state index contributed by atoms with van der Waals surface area (Å²) in [7, 11) is 0. The van der Waals surface area contributed by atoms with Crippen LogP contribution in [0.3, 0.4) is 0 Å². The molecule has 0 radical (unpaired) electrons. The number of hydrogen-bond donors (Lipinski definition) is 0. The molecule has 1 aliphatic rings. The lowest BCUT2D eigenvalue weighted by atomic mass is 10.1. The number of aromatic nitrogens is 2. The third-order valence-electron chi connectivity index (χ3n) is 2.30. The zero-order chi connectivity index (χ0) is 7.73. The lowest BCUT2D eigenvalue weighted by molar-refractivity contribution is 0.442. The zero-order valence-corrected chi connectivity index (χ0v) is 7.92. The maximum atomic E-state index is 4.19. The Bertz CT molecular complexity index is 226. The fourth-order valence-electron chi connectivity index (χ4n) is 1.25. The molecule has 0 aliphatic heterocycles. The molecule has 0 saturated heterocycles. The second-order valence-electron chi connectivity index (χ2n) is 3.34. The summed E-state index contributed by atoms with van der Waals surface area (Å²) in [4.78, 5) is 0. The van der Waals surface area contributed by atoms with Crippen LogP contribution in [0.5, 0.6) is 0 Å². The van der Waals surface area contributed by atoms with E-state index in [0.29, 0.717) is 5.41 Å². The fraction of sp³-hybridized carbons (Fsp3) is 0.625. The molecule has 3 heteroatoms. The minimum Gasteiger partial charge on any atom is -0.272 e. The second kappa shape index (κ2) is 2.63. The zero-order valence-electron chi connectivity index (χ0n) is 6.33. The van der Waals surface area contributed by atoms with Crippen molar-refractivity contribution in [2.45, 2.75) is 19.4 Å². The van der Waals surface area contributed by atoms with E-state index in [0.717, 1.165) is 11.9 Å². The minimum atomic E-state index is 0.534. The number of alkyl halides is 1. The SMILES string of the molecule is BrCC1(Cn2cccn2)CC1. The van der Waals surface area contributed by atoms with Gasteiger partial charge in [-0.05, 0) is 24.3 Å². The molecule has 1 aromatic rings. The molecular formula is C8H11BrN2. The third kappa shape index (κ3) is 1.48. The first-order valence-corrected chi connectivity index (χ1v) is 5.00. The highest BCUT2D eigenvalue weighted by molar-refractivity contribution is 9.09. The van der Waals surface area contributed by atoms with Gasteiger partial charge >= 0.3 is 0 Å². The first-order chi connectivity index (χ1) is 5.35. The maximum Gasteiger partial charge on any atom is 0.0489 e. The van der Waals surface area contributed by atoms with Crippen LogP contribution < -0.4 is 0 Å². The van der Waals surface area contributed by atoms with Gasteiger partial charge in [0.25, 0.3) is 0 Å². The summed E-state index contributed by atoms with van der Waals surface area (Å²) in [6, 6.07) is 1.98. The van der Waals surface area contributed by atoms with Crippen molar-refractivity contribution in [3.63, 3.8) is 0 Å². The van der Waals surface area contributed by atoms with E-state index in [4.69, 9.17) is 0 Å². The summed E-state index contributed by atoms with van der Waals surface area (Å²) in [5.74, 6) is 0. The standard InChI is InChI=1S/C8H11BrN2/c9-6-8(2-3-8)7-11-5-1-4-10-11/h1,4-5H,2-3,6-7H2. The number of halogens is 1. The summed E-state index contributed by atoms with van der Waals surface area (Å²) in [6.07, 6.45) is 6.56.